The van der Waals surface area contributed by atoms with Gasteiger partial charge in [-0.2, -0.15) is 5.10 Å². The molecule has 1 aromatic heterocycles. The maximum atomic E-state index is 13.4. The van der Waals surface area contributed by atoms with Crippen LogP contribution in [0.2, 0.25) is 0 Å². The van der Waals surface area contributed by atoms with Crippen molar-refractivity contribution >= 4 is 11.7 Å². The SMILES string of the molecule is Cc1ccc(N2CCC3(CCN(Cc4cccc(F)c4)C3=O)CC2)nn1. The lowest BCUT2D eigenvalue weighted by atomic mass is 9.77. The van der Waals surface area contributed by atoms with Gasteiger partial charge in [0.25, 0.3) is 0 Å². The van der Waals surface area contributed by atoms with Gasteiger partial charge in [0.2, 0.25) is 5.91 Å². The van der Waals surface area contributed by atoms with Crippen LogP contribution in [0.5, 0.6) is 0 Å². The molecular weight excluding hydrogens is 331 g/mol. The molecule has 3 heterocycles. The minimum Gasteiger partial charge on any atom is -0.355 e. The van der Waals surface area contributed by atoms with Crippen molar-refractivity contribution in [2.45, 2.75) is 32.7 Å². The van der Waals surface area contributed by atoms with Crippen LogP contribution in [-0.2, 0) is 11.3 Å². The summed E-state index contributed by atoms with van der Waals surface area (Å²) in [7, 11) is 0. The number of hydrogen-bond donors (Lipinski definition) is 0. The highest BCUT2D eigenvalue weighted by atomic mass is 19.1. The number of aryl methyl sites for hydroxylation is 1. The fourth-order valence-electron chi connectivity index (χ4n) is 4.09. The first-order chi connectivity index (χ1) is 12.6. The summed E-state index contributed by atoms with van der Waals surface area (Å²) in [6.45, 7) is 4.80. The molecule has 2 aliphatic heterocycles. The monoisotopic (exact) mass is 354 g/mol. The summed E-state index contributed by atoms with van der Waals surface area (Å²) in [6.07, 6.45) is 2.55. The normalized spacial score (nSPS) is 19.4. The summed E-state index contributed by atoms with van der Waals surface area (Å²) in [6, 6.07) is 10.5. The van der Waals surface area contributed by atoms with E-state index in [9.17, 15) is 9.18 Å². The Labute approximate surface area is 152 Å². The summed E-state index contributed by atoms with van der Waals surface area (Å²) < 4.78 is 13.4. The molecule has 0 radical (unpaired) electrons. The summed E-state index contributed by atoms with van der Waals surface area (Å²) in [5, 5.41) is 8.39. The number of amides is 1. The molecule has 1 amide bonds. The van der Waals surface area contributed by atoms with E-state index in [4.69, 9.17) is 0 Å². The van der Waals surface area contributed by atoms with Crippen molar-refractivity contribution < 1.29 is 9.18 Å². The Morgan fingerprint density at radius 3 is 2.54 bits per heavy atom. The Kier molecular flexibility index (Phi) is 4.34. The van der Waals surface area contributed by atoms with Gasteiger partial charge < -0.3 is 9.80 Å². The number of carbonyl (C=O) groups excluding carboxylic acids is 1. The number of nitrogens with zero attached hydrogens (tertiary/aromatic N) is 4. The fraction of sp³-hybridized carbons (Fsp3) is 0.450. The Morgan fingerprint density at radius 2 is 1.85 bits per heavy atom. The van der Waals surface area contributed by atoms with Gasteiger partial charge in [0.1, 0.15) is 5.82 Å². The second-order valence-electron chi connectivity index (χ2n) is 7.41. The van der Waals surface area contributed by atoms with E-state index in [0.29, 0.717) is 6.54 Å². The van der Waals surface area contributed by atoms with E-state index < -0.39 is 0 Å². The molecule has 136 valence electrons. The second-order valence-corrected chi connectivity index (χ2v) is 7.41. The van der Waals surface area contributed by atoms with Crippen molar-refractivity contribution in [2.75, 3.05) is 24.5 Å². The zero-order valence-corrected chi connectivity index (χ0v) is 15.0. The van der Waals surface area contributed by atoms with E-state index in [1.54, 1.807) is 6.07 Å². The number of piperidine rings is 1. The van der Waals surface area contributed by atoms with Crippen LogP contribution in [0.1, 0.15) is 30.5 Å². The zero-order valence-electron chi connectivity index (χ0n) is 15.0. The number of carbonyl (C=O) groups is 1. The van der Waals surface area contributed by atoms with Gasteiger partial charge >= 0.3 is 0 Å². The van der Waals surface area contributed by atoms with E-state index in [-0.39, 0.29) is 17.1 Å². The van der Waals surface area contributed by atoms with Crippen molar-refractivity contribution in [3.05, 3.63) is 53.5 Å². The van der Waals surface area contributed by atoms with E-state index in [2.05, 4.69) is 15.1 Å². The standard InChI is InChI=1S/C20H23FN4O/c1-15-5-6-18(23-22-15)24-10-7-20(8-11-24)9-12-25(19(20)26)14-16-3-2-4-17(21)13-16/h2-6,13H,7-12,14H2,1H3. The average molecular weight is 354 g/mol. The smallest absolute Gasteiger partial charge is 0.229 e. The molecule has 1 spiro atoms. The molecule has 2 fully saturated rings. The topological polar surface area (TPSA) is 49.3 Å². The van der Waals surface area contributed by atoms with E-state index in [1.165, 1.54) is 12.1 Å². The van der Waals surface area contributed by atoms with Gasteiger partial charge in [-0.15, -0.1) is 5.10 Å². The second kappa shape index (κ2) is 6.67. The number of benzene rings is 1. The first kappa shape index (κ1) is 16.9. The number of rotatable bonds is 3. The predicted octanol–water partition coefficient (Wildman–Crippen LogP) is 2.94. The first-order valence-corrected chi connectivity index (χ1v) is 9.15. The van der Waals surface area contributed by atoms with Gasteiger partial charge in [-0.1, -0.05) is 12.1 Å². The zero-order chi connectivity index (χ0) is 18.1. The summed E-state index contributed by atoms with van der Waals surface area (Å²) in [5.41, 5.74) is 1.49. The van der Waals surface area contributed by atoms with Crippen LogP contribution in [0, 0.1) is 18.2 Å². The van der Waals surface area contributed by atoms with Gasteiger partial charge in [-0.3, -0.25) is 4.79 Å². The Hall–Kier alpha value is -2.50. The molecule has 2 aliphatic rings. The first-order valence-electron chi connectivity index (χ1n) is 9.15. The maximum Gasteiger partial charge on any atom is 0.229 e. The van der Waals surface area contributed by atoms with Crippen molar-refractivity contribution in [1.82, 2.24) is 15.1 Å². The molecule has 0 bridgehead atoms. The molecule has 0 saturated carbocycles. The largest absolute Gasteiger partial charge is 0.355 e. The molecule has 1 aromatic carbocycles. The number of anilines is 1. The number of hydrogen-bond acceptors (Lipinski definition) is 4. The molecule has 6 heteroatoms. The summed E-state index contributed by atoms with van der Waals surface area (Å²) in [4.78, 5) is 17.1. The quantitative estimate of drug-likeness (QED) is 0.850. The van der Waals surface area contributed by atoms with Gasteiger partial charge in [0.15, 0.2) is 5.82 Å². The van der Waals surface area contributed by atoms with Crippen LogP contribution in [0.3, 0.4) is 0 Å². The van der Waals surface area contributed by atoms with Crippen LogP contribution in [-0.4, -0.2) is 40.6 Å². The third-order valence-electron chi connectivity index (χ3n) is 5.69. The molecule has 0 atom stereocenters. The predicted molar refractivity (Wildman–Crippen MR) is 97.1 cm³/mol. The number of likely N-dealkylation sites (tertiary alicyclic amines) is 1. The Balaban J connectivity index is 1.41. The highest BCUT2D eigenvalue weighted by molar-refractivity contribution is 5.85. The van der Waals surface area contributed by atoms with Crippen LogP contribution < -0.4 is 4.90 Å². The molecule has 4 rings (SSSR count). The average Bonchev–Trinajstić information content (AvgIpc) is 2.93. The Bertz CT molecular complexity index is 800. The molecular formula is C20H23FN4O. The molecule has 5 nitrogen and oxygen atoms in total. The van der Waals surface area contributed by atoms with Crippen molar-refractivity contribution in [2.24, 2.45) is 5.41 Å². The number of aromatic nitrogens is 2. The van der Waals surface area contributed by atoms with E-state index in [0.717, 1.165) is 56.0 Å². The molecule has 0 unspecified atom stereocenters. The van der Waals surface area contributed by atoms with E-state index >= 15 is 0 Å². The van der Waals surface area contributed by atoms with Crippen LogP contribution in [0.25, 0.3) is 0 Å². The molecule has 0 aliphatic carbocycles. The lowest BCUT2D eigenvalue weighted by Gasteiger charge is -2.38. The highest BCUT2D eigenvalue weighted by Gasteiger charge is 2.48. The molecule has 2 aromatic rings. The molecule has 26 heavy (non-hydrogen) atoms. The lowest BCUT2D eigenvalue weighted by molar-refractivity contribution is -0.137. The van der Waals surface area contributed by atoms with Crippen LogP contribution in [0.15, 0.2) is 36.4 Å². The molecule has 0 N–H and O–H groups in total. The lowest BCUT2D eigenvalue weighted by Crippen LogP contribution is -2.45. The van der Waals surface area contributed by atoms with E-state index in [1.807, 2.05) is 30.0 Å². The van der Waals surface area contributed by atoms with Crippen molar-refractivity contribution in [3.8, 4) is 0 Å². The van der Waals surface area contributed by atoms with Crippen molar-refractivity contribution in [3.63, 3.8) is 0 Å². The fourth-order valence-corrected chi connectivity index (χ4v) is 4.09. The summed E-state index contributed by atoms with van der Waals surface area (Å²) in [5.74, 6) is 0.847. The van der Waals surface area contributed by atoms with Gasteiger partial charge in [-0.25, -0.2) is 4.39 Å². The van der Waals surface area contributed by atoms with Crippen LogP contribution in [0.4, 0.5) is 10.2 Å². The minimum atomic E-state index is -0.262. The molecule has 2 saturated heterocycles. The van der Waals surface area contributed by atoms with Gasteiger partial charge in [0, 0.05) is 26.2 Å². The van der Waals surface area contributed by atoms with Gasteiger partial charge in [-0.05, 0) is 56.0 Å². The summed E-state index contributed by atoms with van der Waals surface area (Å²) >= 11 is 0. The van der Waals surface area contributed by atoms with Crippen molar-refractivity contribution in [1.29, 1.82) is 0 Å². The Morgan fingerprint density at radius 1 is 1.08 bits per heavy atom. The third kappa shape index (κ3) is 3.16. The third-order valence-corrected chi connectivity index (χ3v) is 5.69. The minimum absolute atomic E-state index is 0.219. The number of halogens is 1. The van der Waals surface area contributed by atoms with Gasteiger partial charge in [0.05, 0.1) is 11.1 Å². The highest BCUT2D eigenvalue weighted by Crippen LogP contribution is 2.42. The van der Waals surface area contributed by atoms with Crippen LogP contribution >= 0.6 is 0 Å². The maximum absolute atomic E-state index is 13.4.